The smallest absolute Gasteiger partial charge is 0.340 e. The minimum atomic E-state index is -0.711. The van der Waals surface area contributed by atoms with Crippen molar-refractivity contribution in [3.05, 3.63) is 34.9 Å². The average Bonchev–Trinajstić information content (AvgIpc) is 2.55. The van der Waals surface area contributed by atoms with Gasteiger partial charge in [0.15, 0.2) is 6.61 Å². The van der Waals surface area contributed by atoms with E-state index in [0.717, 1.165) is 25.7 Å². The van der Waals surface area contributed by atoms with E-state index in [1.165, 1.54) is 6.07 Å². The number of urea groups is 1. The van der Waals surface area contributed by atoms with Crippen LogP contribution in [0.5, 0.6) is 0 Å². The van der Waals surface area contributed by atoms with Crippen LogP contribution in [0.1, 0.15) is 43.0 Å². The summed E-state index contributed by atoms with van der Waals surface area (Å²) in [4.78, 5) is 35.4. The zero-order valence-corrected chi connectivity index (χ0v) is 14.3. The molecule has 0 radical (unpaired) electrons. The zero-order chi connectivity index (χ0) is 17.5. The fourth-order valence-corrected chi connectivity index (χ4v) is 2.95. The maximum Gasteiger partial charge on any atom is 0.340 e. The SMILES string of the molecule is C[C@@H]1CCCC[C@@H]1NC(=O)NC(=O)COC(=O)c1ccccc1Cl. The number of halogens is 1. The molecular formula is C17H21ClN2O4. The van der Waals surface area contributed by atoms with Crippen LogP contribution in [0.2, 0.25) is 5.02 Å². The molecule has 0 heterocycles. The molecule has 0 unspecified atom stereocenters. The van der Waals surface area contributed by atoms with Crippen LogP contribution in [0.15, 0.2) is 24.3 Å². The Balaban J connectivity index is 1.75. The van der Waals surface area contributed by atoms with Gasteiger partial charge in [-0.05, 0) is 30.9 Å². The molecule has 2 atom stereocenters. The summed E-state index contributed by atoms with van der Waals surface area (Å²) in [6, 6.07) is 5.88. The summed E-state index contributed by atoms with van der Waals surface area (Å²) in [5.41, 5.74) is 0.174. The van der Waals surface area contributed by atoms with Gasteiger partial charge >= 0.3 is 12.0 Å². The molecule has 2 rings (SSSR count). The van der Waals surface area contributed by atoms with Crippen molar-refractivity contribution in [2.24, 2.45) is 5.92 Å². The normalized spacial score (nSPS) is 20.1. The summed E-state index contributed by atoms with van der Waals surface area (Å²) in [6.45, 7) is 1.54. The quantitative estimate of drug-likeness (QED) is 0.816. The summed E-state index contributed by atoms with van der Waals surface area (Å²) in [7, 11) is 0. The number of amides is 3. The monoisotopic (exact) mass is 352 g/mol. The zero-order valence-electron chi connectivity index (χ0n) is 13.5. The van der Waals surface area contributed by atoms with E-state index < -0.39 is 24.5 Å². The Labute approximate surface area is 145 Å². The molecule has 24 heavy (non-hydrogen) atoms. The molecule has 1 aromatic carbocycles. The van der Waals surface area contributed by atoms with Crippen LogP contribution < -0.4 is 10.6 Å². The first kappa shape index (κ1) is 18.3. The van der Waals surface area contributed by atoms with Crippen LogP contribution in [0.4, 0.5) is 4.79 Å². The molecule has 1 aromatic rings. The minimum Gasteiger partial charge on any atom is -0.452 e. The standard InChI is InChI=1S/C17H21ClN2O4/c1-11-6-2-5-9-14(11)19-17(23)20-15(21)10-24-16(22)12-7-3-4-8-13(12)18/h3-4,7-8,11,14H,2,5-6,9-10H2,1H3,(H2,19,20,21,23)/t11-,14+/m1/s1. The molecule has 6 nitrogen and oxygen atoms in total. The molecule has 0 aromatic heterocycles. The van der Waals surface area contributed by atoms with Crippen molar-refractivity contribution in [2.45, 2.75) is 38.6 Å². The number of imide groups is 1. The van der Waals surface area contributed by atoms with Gasteiger partial charge in [-0.3, -0.25) is 10.1 Å². The number of ether oxygens (including phenoxy) is 1. The molecular weight excluding hydrogens is 332 g/mol. The molecule has 0 spiro atoms. The second-order valence-electron chi connectivity index (χ2n) is 5.95. The molecule has 130 valence electrons. The number of nitrogens with one attached hydrogen (secondary N) is 2. The van der Waals surface area contributed by atoms with Crippen molar-refractivity contribution >= 4 is 29.5 Å². The Hall–Kier alpha value is -2.08. The largest absolute Gasteiger partial charge is 0.452 e. The van der Waals surface area contributed by atoms with E-state index in [1.54, 1.807) is 18.2 Å². The van der Waals surface area contributed by atoms with Crippen molar-refractivity contribution in [2.75, 3.05) is 6.61 Å². The first-order chi connectivity index (χ1) is 11.5. The number of carbonyl (C=O) groups excluding carboxylic acids is 3. The van der Waals surface area contributed by atoms with Gasteiger partial charge in [-0.1, -0.05) is 43.5 Å². The van der Waals surface area contributed by atoms with Crippen molar-refractivity contribution in [3.63, 3.8) is 0 Å². The average molecular weight is 353 g/mol. The number of benzene rings is 1. The molecule has 1 aliphatic rings. The number of hydrogen-bond acceptors (Lipinski definition) is 4. The molecule has 2 N–H and O–H groups in total. The van der Waals surface area contributed by atoms with Gasteiger partial charge in [-0.25, -0.2) is 9.59 Å². The third-order valence-corrected chi connectivity index (χ3v) is 4.44. The molecule has 0 saturated heterocycles. The Morgan fingerprint density at radius 3 is 2.62 bits per heavy atom. The van der Waals surface area contributed by atoms with E-state index in [1.807, 2.05) is 0 Å². The van der Waals surface area contributed by atoms with Gasteiger partial charge in [-0.15, -0.1) is 0 Å². The number of rotatable bonds is 4. The number of esters is 1. The number of carbonyl (C=O) groups is 3. The lowest BCUT2D eigenvalue weighted by molar-refractivity contribution is -0.123. The van der Waals surface area contributed by atoms with Crippen molar-refractivity contribution in [3.8, 4) is 0 Å². The fourth-order valence-electron chi connectivity index (χ4n) is 2.73. The highest BCUT2D eigenvalue weighted by molar-refractivity contribution is 6.33. The summed E-state index contributed by atoms with van der Waals surface area (Å²) in [5.74, 6) is -1.01. The van der Waals surface area contributed by atoms with Crippen LogP contribution in [0, 0.1) is 5.92 Å². The van der Waals surface area contributed by atoms with E-state index in [0.29, 0.717) is 5.92 Å². The van der Waals surface area contributed by atoms with Gasteiger partial charge in [0.05, 0.1) is 10.6 Å². The fraction of sp³-hybridized carbons (Fsp3) is 0.471. The first-order valence-corrected chi connectivity index (χ1v) is 8.37. The second-order valence-corrected chi connectivity index (χ2v) is 6.35. The van der Waals surface area contributed by atoms with E-state index in [-0.39, 0.29) is 16.6 Å². The molecule has 0 aliphatic heterocycles. The summed E-state index contributed by atoms with van der Waals surface area (Å²) in [5, 5.41) is 5.21. The first-order valence-electron chi connectivity index (χ1n) is 7.99. The van der Waals surface area contributed by atoms with E-state index in [4.69, 9.17) is 16.3 Å². The molecule has 1 aliphatic carbocycles. The highest BCUT2D eigenvalue weighted by atomic mass is 35.5. The molecule has 0 bridgehead atoms. The highest BCUT2D eigenvalue weighted by Gasteiger charge is 2.23. The number of hydrogen-bond donors (Lipinski definition) is 2. The van der Waals surface area contributed by atoms with E-state index in [2.05, 4.69) is 17.6 Å². The van der Waals surface area contributed by atoms with Crippen LogP contribution in [-0.2, 0) is 9.53 Å². The Morgan fingerprint density at radius 2 is 1.92 bits per heavy atom. The van der Waals surface area contributed by atoms with Crippen molar-refractivity contribution in [1.82, 2.24) is 10.6 Å². The predicted octanol–water partition coefficient (Wildman–Crippen LogP) is 2.90. The van der Waals surface area contributed by atoms with Crippen LogP contribution in [0.25, 0.3) is 0 Å². The molecule has 1 saturated carbocycles. The molecule has 3 amide bonds. The van der Waals surface area contributed by atoms with Crippen molar-refractivity contribution in [1.29, 1.82) is 0 Å². The summed E-state index contributed by atoms with van der Waals surface area (Å²) >= 11 is 5.88. The van der Waals surface area contributed by atoms with E-state index >= 15 is 0 Å². The Bertz CT molecular complexity index is 620. The highest BCUT2D eigenvalue weighted by Crippen LogP contribution is 2.23. The topological polar surface area (TPSA) is 84.5 Å². The maximum atomic E-state index is 11.8. The third-order valence-electron chi connectivity index (χ3n) is 4.11. The Morgan fingerprint density at radius 1 is 1.21 bits per heavy atom. The van der Waals surface area contributed by atoms with Gasteiger partial charge in [0, 0.05) is 6.04 Å². The summed E-state index contributed by atoms with van der Waals surface area (Å²) in [6.07, 6.45) is 4.20. The third kappa shape index (κ3) is 5.23. The van der Waals surface area contributed by atoms with Crippen molar-refractivity contribution < 1.29 is 19.1 Å². The predicted molar refractivity (Wildman–Crippen MR) is 89.8 cm³/mol. The summed E-state index contributed by atoms with van der Waals surface area (Å²) < 4.78 is 4.87. The van der Waals surface area contributed by atoms with Gasteiger partial charge < -0.3 is 10.1 Å². The lowest BCUT2D eigenvalue weighted by Gasteiger charge is -2.29. The van der Waals surface area contributed by atoms with Gasteiger partial charge in [-0.2, -0.15) is 0 Å². The molecule has 7 heteroatoms. The van der Waals surface area contributed by atoms with Crippen LogP contribution in [0.3, 0.4) is 0 Å². The maximum absolute atomic E-state index is 11.8. The molecule has 1 fully saturated rings. The second kappa shape index (κ2) is 8.68. The van der Waals surface area contributed by atoms with E-state index in [9.17, 15) is 14.4 Å². The minimum absolute atomic E-state index is 0.0669. The lowest BCUT2D eigenvalue weighted by Crippen LogP contribution is -2.48. The van der Waals surface area contributed by atoms with Gasteiger partial charge in [0.2, 0.25) is 0 Å². The lowest BCUT2D eigenvalue weighted by atomic mass is 9.86. The van der Waals surface area contributed by atoms with Crippen LogP contribution in [-0.4, -0.2) is 30.6 Å². The van der Waals surface area contributed by atoms with Gasteiger partial charge in [0.25, 0.3) is 5.91 Å². The Kier molecular flexibility index (Phi) is 6.61. The van der Waals surface area contributed by atoms with Crippen LogP contribution >= 0.6 is 11.6 Å². The van der Waals surface area contributed by atoms with Gasteiger partial charge in [0.1, 0.15) is 0 Å².